The predicted molar refractivity (Wildman–Crippen MR) is 89.0 cm³/mol. The van der Waals surface area contributed by atoms with Crippen LogP contribution in [0.5, 0.6) is 11.5 Å². The van der Waals surface area contributed by atoms with Gasteiger partial charge in [-0.25, -0.2) is 4.99 Å². The molecule has 0 spiro atoms. The Labute approximate surface area is 135 Å². The van der Waals surface area contributed by atoms with Crippen LogP contribution in [-0.4, -0.2) is 41.5 Å². The third-order valence-electron chi connectivity index (χ3n) is 3.17. The summed E-state index contributed by atoms with van der Waals surface area (Å²) >= 11 is 0. The largest absolute Gasteiger partial charge is 0.493 e. The van der Waals surface area contributed by atoms with E-state index in [1.54, 1.807) is 20.5 Å². The number of nitrogens with one attached hydrogen (secondary N) is 2. The second-order valence-corrected chi connectivity index (χ2v) is 4.75. The highest BCUT2D eigenvalue weighted by molar-refractivity contribution is 5.93. The number of guanidine groups is 1. The number of hydrogen-bond donors (Lipinski definition) is 2. The van der Waals surface area contributed by atoms with Crippen molar-refractivity contribution in [1.82, 2.24) is 20.1 Å². The third-order valence-corrected chi connectivity index (χ3v) is 3.17. The van der Waals surface area contributed by atoms with Gasteiger partial charge in [-0.2, -0.15) is 0 Å². The Bertz CT molecular complexity index is 668. The number of benzene rings is 1. The molecule has 0 fully saturated rings. The molecule has 0 bridgehead atoms. The standard InChI is InChI=1S/C15H22N6O2/c1-5-16-15(17-9-14-20-18-10-21(14)2)19-11-6-7-12(22-3)13(8-11)23-4/h6-8,10H,5,9H2,1-4H3,(H2,16,17,19). The molecule has 1 heterocycles. The van der Waals surface area contributed by atoms with Crippen LogP contribution in [0.1, 0.15) is 12.7 Å². The molecule has 1 aromatic heterocycles. The molecule has 2 aromatic rings. The molecule has 0 saturated heterocycles. The van der Waals surface area contributed by atoms with Crippen molar-refractivity contribution in [2.45, 2.75) is 13.5 Å². The number of aryl methyl sites for hydroxylation is 1. The molecule has 0 unspecified atom stereocenters. The first kappa shape index (κ1) is 16.6. The molecule has 0 atom stereocenters. The zero-order valence-corrected chi connectivity index (χ0v) is 13.8. The average Bonchev–Trinajstić information content (AvgIpc) is 2.97. The summed E-state index contributed by atoms with van der Waals surface area (Å²) in [6, 6.07) is 5.60. The van der Waals surface area contributed by atoms with Gasteiger partial charge in [-0.15, -0.1) is 10.2 Å². The molecule has 1 aromatic carbocycles. The van der Waals surface area contributed by atoms with E-state index < -0.39 is 0 Å². The number of rotatable bonds is 6. The Kier molecular flexibility index (Phi) is 5.79. The number of methoxy groups -OCH3 is 2. The van der Waals surface area contributed by atoms with Crippen molar-refractivity contribution in [2.24, 2.45) is 12.0 Å². The van der Waals surface area contributed by atoms with Gasteiger partial charge in [0.05, 0.1) is 14.2 Å². The molecule has 0 aliphatic rings. The van der Waals surface area contributed by atoms with E-state index in [2.05, 4.69) is 25.8 Å². The number of nitrogens with zero attached hydrogens (tertiary/aromatic N) is 4. The van der Waals surface area contributed by atoms with Gasteiger partial charge in [-0.05, 0) is 19.1 Å². The third kappa shape index (κ3) is 4.35. The molecule has 0 amide bonds. The van der Waals surface area contributed by atoms with Gasteiger partial charge < -0.3 is 24.7 Å². The van der Waals surface area contributed by atoms with E-state index in [1.807, 2.05) is 36.7 Å². The van der Waals surface area contributed by atoms with Gasteiger partial charge in [0.25, 0.3) is 0 Å². The molecular weight excluding hydrogens is 296 g/mol. The van der Waals surface area contributed by atoms with Crippen LogP contribution in [0, 0.1) is 0 Å². The number of aromatic nitrogens is 3. The van der Waals surface area contributed by atoms with Crippen molar-refractivity contribution in [3.63, 3.8) is 0 Å². The van der Waals surface area contributed by atoms with Gasteiger partial charge in [0.1, 0.15) is 12.9 Å². The fourth-order valence-electron chi connectivity index (χ4n) is 1.96. The Hall–Kier alpha value is -2.77. The fraction of sp³-hybridized carbons (Fsp3) is 0.400. The Morgan fingerprint density at radius 3 is 2.65 bits per heavy atom. The first-order valence-corrected chi connectivity index (χ1v) is 7.28. The van der Waals surface area contributed by atoms with E-state index in [1.165, 1.54) is 0 Å². The number of ether oxygens (including phenoxy) is 2. The van der Waals surface area contributed by atoms with Crippen LogP contribution in [0.25, 0.3) is 0 Å². The van der Waals surface area contributed by atoms with Crippen LogP contribution in [-0.2, 0) is 13.6 Å². The lowest BCUT2D eigenvalue weighted by Gasteiger charge is -2.13. The monoisotopic (exact) mass is 318 g/mol. The van der Waals surface area contributed by atoms with Gasteiger partial charge in [-0.3, -0.25) is 0 Å². The normalized spacial score (nSPS) is 11.2. The minimum absolute atomic E-state index is 0.430. The molecule has 124 valence electrons. The quantitative estimate of drug-likeness (QED) is 0.619. The fourth-order valence-corrected chi connectivity index (χ4v) is 1.96. The van der Waals surface area contributed by atoms with Crippen LogP contribution in [0.2, 0.25) is 0 Å². The minimum Gasteiger partial charge on any atom is -0.493 e. The van der Waals surface area contributed by atoms with Crippen LogP contribution in [0.3, 0.4) is 0 Å². The Balaban J connectivity index is 2.14. The van der Waals surface area contributed by atoms with Gasteiger partial charge in [-0.1, -0.05) is 0 Å². The van der Waals surface area contributed by atoms with E-state index in [9.17, 15) is 0 Å². The summed E-state index contributed by atoms with van der Waals surface area (Å²) < 4.78 is 12.4. The summed E-state index contributed by atoms with van der Waals surface area (Å²) in [7, 11) is 5.10. The summed E-state index contributed by atoms with van der Waals surface area (Å²) in [5.41, 5.74) is 0.848. The lowest BCUT2D eigenvalue weighted by molar-refractivity contribution is 0.355. The van der Waals surface area contributed by atoms with Gasteiger partial charge in [0.2, 0.25) is 0 Å². The average molecular weight is 318 g/mol. The predicted octanol–water partition coefficient (Wildman–Crippen LogP) is 1.41. The van der Waals surface area contributed by atoms with E-state index in [-0.39, 0.29) is 0 Å². The van der Waals surface area contributed by atoms with Crippen LogP contribution in [0.4, 0.5) is 5.69 Å². The van der Waals surface area contributed by atoms with Gasteiger partial charge >= 0.3 is 0 Å². The first-order chi connectivity index (χ1) is 11.2. The molecule has 8 heteroatoms. The highest BCUT2D eigenvalue weighted by Gasteiger charge is 2.07. The van der Waals surface area contributed by atoms with Crippen molar-refractivity contribution >= 4 is 11.6 Å². The molecule has 0 radical (unpaired) electrons. The van der Waals surface area contributed by atoms with E-state index in [0.717, 1.165) is 18.1 Å². The van der Waals surface area contributed by atoms with Crippen molar-refractivity contribution in [3.05, 3.63) is 30.4 Å². The maximum atomic E-state index is 5.31. The molecular formula is C15H22N6O2. The topological polar surface area (TPSA) is 85.6 Å². The molecule has 0 aliphatic carbocycles. The van der Waals surface area contributed by atoms with Crippen molar-refractivity contribution in [1.29, 1.82) is 0 Å². The van der Waals surface area contributed by atoms with Crippen molar-refractivity contribution < 1.29 is 9.47 Å². The van der Waals surface area contributed by atoms with Crippen LogP contribution < -0.4 is 20.1 Å². The first-order valence-electron chi connectivity index (χ1n) is 7.28. The highest BCUT2D eigenvalue weighted by atomic mass is 16.5. The van der Waals surface area contributed by atoms with Crippen LogP contribution >= 0.6 is 0 Å². The summed E-state index contributed by atoms with van der Waals surface area (Å²) in [6.07, 6.45) is 1.65. The SMILES string of the molecule is CCNC(=NCc1nncn1C)Nc1ccc(OC)c(OC)c1. The smallest absolute Gasteiger partial charge is 0.196 e. The Morgan fingerprint density at radius 1 is 1.26 bits per heavy atom. The summed E-state index contributed by atoms with van der Waals surface area (Å²) in [6.45, 7) is 3.19. The zero-order chi connectivity index (χ0) is 16.7. The second-order valence-electron chi connectivity index (χ2n) is 4.75. The second kappa shape index (κ2) is 8.02. The number of anilines is 1. The minimum atomic E-state index is 0.430. The molecule has 8 nitrogen and oxygen atoms in total. The van der Waals surface area contributed by atoms with Crippen LogP contribution in [0.15, 0.2) is 29.5 Å². The summed E-state index contributed by atoms with van der Waals surface area (Å²) in [4.78, 5) is 4.51. The number of hydrogen-bond acceptors (Lipinski definition) is 5. The van der Waals surface area contributed by atoms with E-state index >= 15 is 0 Å². The lowest BCUT2D eigenvalue weighted by atomic mass is 10.3. The number of aliphatic imine (C=N–C) groups is 1. The summed E-state index contributed by atoms with van der Waals surface area (Å²) in [5, 5.41) is 14.3. The molecule has 2 N–H and O–H groups in total. The Morgan fingerprint density at radius 2 is 2.04 bits per heavy atom. The molecule has 0 saturated carbocycles. The van der Waals surface area contributed by atoms with Gasteiger partial charge in [0.15, 0.2) is 23.3 Å². The molecule has 0 aliphatic heterocycles. The van der Waals surface area contributed by atoms with Crippen molar-refractivity contribution in [2.75, 3.05) is 26.1 Å². The summed E-state index contributed by atoms with van der Waals surface area (Å²) in [5.74, 6) is 2.78. The van der Waals surface area contributed by atoms with E-state index in [4.69, 9.17) is 9.47 Å². The molecule has 2 rings (SSSR count). The highest BCUT2D eigenvalue weighted by Crippen LogP contribution is 2.29. The van der Waals surface area contributed by atoms with E-state index in [0.29, 0.717) is 24.0 Å². The molecule has 23 heavy (non-hydrogen) atoms. The van der Waals surface area contributed by atoms with Gasteiger partial charge in [0, 0.05) is 25.3 Å². The lowest BCUT2D eigenvalue weighted by Crippen LogP contribution is -2.30. The zero-order valence-electron chi connectivity index (χ0n) is 13.8. The maximum Gasteiger partial charge on any atom is 0.196 e. The van der Waals surface area contributed by atoms with Crippen molar-refractivity contribution in [3.8, 4) is 11.5 Å². The maximum absolute atomic E-state index is 5.31.